The maximum absolute atomic E-state index is 13.1. The molecule has 1 aromatic rings. The predicted molar refractivity (Wildman–Crippen MR) is 68.6 cm³/mol. The van der Waals surface area contributed by atoms with Crippen LogP contribution in [0.3, 0.4) is 0 Å². The van der Waals surface area contributed by atoms with Crippen LogP contribution in [0.4, 0.5) is 4.39 Å². The maximum atomic E-state index is 13.1. The molecule has 17 heavy (non-hydrogen) atoms. The van der Waals surface area contributed by atoms with Crippen LogP contribution in [-0.2, 0) is 6.42 Å². The number of benzene rings is 1. The minimum Gasteiger partial charge on any atom is -0.314 e. The fourth-order valence-electron chi connectivity index (χ4n) is 2.51. The molecular formula is C14H21FN2. The highest BCUT2D eigenvalue weighted by atomic mass is 19.1. The molecular weight excluding hydrogens is 215 g/mol. The van der Waals surface area contributed by atoms with Crippen LogP contribution in [0.25, 0.3) is 0 Å². The van der Waals surface area contributed by atoms with Gasteiger partial charge in [0, 0.05) is 32.2 Å². The third kappa shape index (κ3) is 3.51. The number of hydrogen-bond donors (Lipinski definition) is 1. The lowest BCUT2D eigenvalue weighted by Gasteiger charge is -2.34. The van der Waals surface area contributed by atoms with Crippen molar-refractivity contribution in [3.8, 4) is 0 Å². The number of nitrogens with zero attached hydrogens (tertiary/aromatic N) is 1. The van der Waals surface area contributed by atoms with E-state index in [0.29, 0.717) is 6.04 Å². The first-order valence-corrected chi connectivity index (χ1v) is 6.49. The number of piperazine rings is 1. The molecule has 1 aliphatic heterocycles. The zero-order chi connectivity index (χ0) is 12.1. The van der Waals surface area contributed by atoms with Crippen LogP contribution in [0.1, 0.15) is 18.9 Å². The molecule has 1 heterocycles. The zero-order valence-electron chi connectivity index (χ0n) is 10.5. The Balaban J connectivity index is 1.98. The number of rotatable bonds is 4. The second-order valence-corrected chi connectivity index (χ2v) is 4.68. The summed E-state index contributed by atoms with van der Waals surface area (Å²) in [6.45, 7) is 6.56. The molecule has 0 amide bonds. The highest BCUT2D eigenvalue weighted by molar-refractivity contribution is 5.17. The molecule has 1 aliphatic rings. The van der Waals surface area contributed by atoms with E-state index in [4.69, 9.17) is 0 Å². The van der Waals surface area contributed by atoms with Crippen molar-refractivity contribution in [2.45, 2.75) is 25.8 Å². The minimum absolute atomic E-state index is 0.127. The van der Waals surface area contributed by atoms with Crippen molar-refractivity contribution in [1.82, 2.24) is 10.2 Å². The van der Waals surface area contributed by atoms with E-state index in [1.807, 2.05) is 6.07 Å². The van der Waals surface area contributed by atoms with Gasteiger partial charge in [-0.05, 0) is 30.5 Å². The van der Waals surface area contributed by atoms with Crippen molar-refractivity contribution in [2.24, 2.45) is 0 Å². The Morgan fingerprint density at radius 1 is 1.35 bits per heavy atom. The van der Waals surface area contributed by atoms with Crippen molar-refractivity contribution < 1.29 is 4.39 Å². The Bertz CT molecular complexity index is 348. The summed E-state index contributed by atoms with van der Waals surface area (Å²) in [7, 11) is 0. The van der Waals surface area contributed by atoms with Crippen LogP contribution >= 0.6 is 0 Å². The smallest absolute Gasteiger partial charge is 0.123 e. The fraction of sp³-hybridized carbons (Fsp3) is 0.571. The second-order valence-electron chi connectivity index (χ2n) is 4.68. The molecule has 1 fully saturated rings. The molecule has 0 saturated carbocycles. The molecule has 1 unspecified atom stereocenters. The highest BCUT2D eigenvalue weighted by Gasteiger charge is 2.19. The molecule has 0 aliphatic carbocycles. The Hall–Kier alpha value is -0.930. The number of nitrogens with one attached hydrogen (secondary N) is 1. The average Bonchev–Trinajstić information content (AvgIpc) is 2.37. The van der Waals surface area contributed by atoms with Crippen LogP contribution in [0, 0.1) is 5.82 Å². The molecule has 94 valence electrons. The summed E-state index contributed by atoms with van der Waals surface area (Å²) in [5, 5.41) is 3.36. The van der Waals surface area contributed by atoms with Crippen LogP contribution in [0.15, 0.2) is 24.3 Å². The summed E-state index contributed by atoms with van der Waals surface area (Å²) in [6.07, 6.45) is 2.07. The van der Waals surface area contributed by atoms with E-state index in [2.05, 4.69) is 17.1 Å². The molecule has 0 bridgehead atoms. The van der Waals surface area contributed by atoms with Crippen LogP contribution in [-0.4, -0.2) is 37.1 Å². The lowest BCUT2D eigenvalue weighted by Crippen LogP contribution is -2.48. The van der Waals surface area contributed by atoms with E-state index in [1.54, 1.807) is 12.1 Å². The molecule has 2 rings (SSSR count). The van der Waals surface area contributed by atoms with Crippen LogP contribution in [0.2, 0.25) is 0 Å². The van der Waals surface area contributed by atoms with E-state index in [-0.39, 0.29) is 5.82 Å². The van der Waals surface area contributed by atoms with Crippen molar-refractivity contribution >= 4 is 0 Å². The first-order chi connectivity index (χ1) is 8.29. The standard InChI is InChI=1S/C14H21FN2/c1-2-14(17-8-6-16-7-9-17)11-12-4-3-5-13(15)10-12/h3-5,10,14,16H,2,6-9,11H2,1H3. The van der Waals surface area contributed by atoms with Gasteiger partial charge in [-0.15, -0.1) is 0 Å². The summed E-state index contributed by atoms with van der Waals surface area (Å²) in [5.74, 6) is -0.127. The van der Waals surface area contributed by atoms with Crippen molar-refractivity contribution in [2.75, 3.05) is 26.2 Å². The van der Waals surface area contributed by atoms with E-state index >= 15 is 0 Å². The highest BCUT2D eigenvalue weighted by Crippen LogP contribution is 2.13. The van der Waals surface area contributed by atoms with Crippen molar-refractivity contribution in [1.29, 1.82) is 0 Å². The van der Waals surface area contributed by atoms with Gasteiger partial charge in [0.15, 0.2) is 0 Å². The van der Waals surface area contributed by atoms with Gasteiger partial charge in [0.2, 0.25) is 0 Å². The molecule has 2 nitrogen and oxygen atoms in total. The van der Waals surface area contributed by atoms with Gasteiger partial charge in [0.25, 0.3) is 0 Å². The molecule has 1 N–H and O–H groups in total. The molecule has 1 atom stereocenters. The van der Waals surface area contributed by atoms with Gasteiger partial charge >= 0.3 is 0 Å². The Labute approximate surface area is 103 Å². The average molecular weight is 236 g/mol. The second kappa shape index (κ2) is 6.12. The van der Waals surface area contributed by atoms with Gasteiger partial charge < -0.3 is 5.32 Å². The molecule has 0 aromatic heterocycles. The monoisotopic (exact) mass is 236 g/mol. The van der Waals surface area contributed by atoms with E-state index < -0.39 is 0 Å². The lowest BCUT2D eigenvalue weighted by atomic mass is 10.0. The SMILES string of the molecule is CCC(Cc1cccc(F)c1)N1CCNCC1. The fourth-order valence-corrected chi connectivity index (χ4v) is 2.51. The van der Waals surface area contributed by atoms with E-state index in [9.17, 15) is 4.39 Å². The lowest BCUT2D eigenvalue weighted by molar-refractivity contribution is 0.167. The Morgan fingerprint density at radius 3 is 2.76 bits per heavy atom. The van der Waals surface area contributed by atoms with Crippen LogP contribution in [0.5, 0.6) is 0 Å². The first kappa shape index (κ1) is 12.5. The number of halogens is 1. The molecule has 1 aromatic carbocycles. The van der Waals surface area contributed by atoms with Gasteiger partial charge in [-0.1, -0.05) is 19.1 Å². The molecule has 1 saturated heterocycles. The normalized spacial score (nSPS) is 19.2. The van der Waals surface area contributed by atoms with Crippen molar-refractivity contribution in [3.63, 3.8) is 0 Å². The summed E-state index contributed by atoms with van der Waals surface area (Å²) >= 11 is 0. The van der Waals surface area contributed by atoms with Gasteiger partial charge in [-0.2, -0.15) is 0 Å². The largest absolute Gasteiger partial charge is 0.314 e. The number of hydrogen-bond acceptors (Lipinski definition) is 2. The summed E-state index contributed by atoms with van der Waals surface area (Å²) in [5.41, 5.74) is 1.11. The summed E-state index contributed by atoms with van der Waals surface area (Å²) in [4.78, 5) is 2.52. The molecule has 0 radical (unpaired) electrons. The van der Waals surface area contributed by atoms with Gasteiger partial charge in [0.05, 0.1) is 0 Å². The summed E-state index contributed by atoms with van der Waals surface area (Å²) in [6, 6.07) is 7.53. The first-order valence-electron chi connectivity index (χ1n) is 6.49. The Kier molecular flexibility index (Phi) is 4.51. The third-order valence-corrected chi connectivity index (χ3v) is 3.50. The quantitative estimate of drug-likeness (QED) is 0.860. The minimum atomic E-state index is -0.127. The van der Waals surface area contributed by atoms with Gasteiger partial charge in [0.1, 0.15) is 5.82 Å². The van der Waals surface area contributed by atoms with Gasteiger partial charge in [-0.25, -0.2) is 4.39 Å². The molecule has 0 spiro atoms. The predicted octanol–water partition coefficient (Wildman–Crippen LogP) is 2.05. The maximum Gasteiger partial charge on any atom is 0.123 e. The van der Waals surface area contributed by atoms with E-state index in [0.717, 1.165) is 44.6 Å². The van der Waals surface area contributed by atoms with Gasteiger partial charge in [-0.3, -0.25) is 4.90 Å². The zero-order valence-corrected chi connectivity index (χ0v) is 10.5. The van der Waals surface area contributed by atoms with Crippen molar-refractivity contribution in [3.05, 3.63) is 35.6 Å². The third-order valence-electron chi connectivity index (χ3n) is 3.50. The van der Waals surface area contributed by atoms with E-state index in [1.165, 1.54) is 6.07 Å². The Morgan fingerprint density at radius 2 is 2.12 bits per heavy atom. The topological polar surface area (TPSA) is 15.3 Å². The summed E-state index contributed by atoms with van der Waals surface area (Å²) < 4.78 is 13.1. The molecule has 3 heteroatoms. The van der Waals surface area contributed by atoms with Crippen LogP contribution < -0.4 is 5.32 Å².